The highest BCUT2D eigenvalue weighted by molar-refractivity contribution is 7.80. The number of carbonyl (C=O) groups excluding carboxylic acids is 2. The molecule has 0 saturated carbocycles. The van der Waals surface area contributed by atoms with Crippen LogP contribution >= 0.6 is 12.6 Å². The minimum Gasteiger partial charge on any atom is -0.368 e. The van der Waals surface area contributed by atoms with Gasteiger partial charge in [-0.1, -0.05) is 26.0 Å². The van der Waals surface area contributed by atoms with Gasteiger partial charge in [0.2, 0.25) is 5.91 Å². The number of primary amides is 1. The van der Waals surface area contributed by atoms with E-state index in [1.165, 1.54) is 0 Å². The highest BCUT2D eigenvalue weighted by Crippen LogP contribution is 2.13. The first kappa shape index (κ1) is 13.6. The lowest BCUT2D eigenvalue weighted by Crippen LogP contribution is -2.47. The summed E-state index contributed by atoms with van der Waals surface area (Å²) < 4.78 is 0. The molecular formula is C12H16N2O2S. The van der Waals surface area contributed by atoms with Crippen molar-refractivity contribution >= 4 is 24.4 Å². The molecule has 0 aromatic heterocycles. The smallest absolute Gasteiger partial charge is 0.253 e. The molecule has 1 atom stereocenters. The van der Waals surface area contributed by atoms with Gasteiger partial charge in [0.15, 0.2) is 0 Å². The molecule has 5 heteroatoms. The van der Waals surface area contributed by atoms with Crippen molar-refractivity contribution in [2.24, 2.45) is 11.7 Å². The van der Waals surface area contributed by atoms with E-state index >= 15 is 0 Å². The normalized spacial score (nSPS) is 12.2. The summed E-state index contributed by atoms with van der Waals surface area (Å²) in [6, 6.07) is 6.22. The molecule has 17 heavy (non-hydrogen) atoms. The number of benzene rings is 1. The Labute approximate surface area is 106 Å². The van der Waals surface area contributed by atoms with Crippen molar-refractivity contribution in [2.45, 2.75) is 24.8 Å². The molecular weight excluding hydrogens is 236 g/mol. The fourth-order valence-electron chi connectivity index (χ4n) is 1.45. The van der Waals surface area contributed by atoms with E-state index in [0.717, 1.165) is 0 Å². The second-order valence-electron chi connectivity index (χ2n) is 4.11. The van der Waals surface area contributed by atoms with Gasteiger partial charge >= 0.3 is 0 Å². The van der Waals surface area contributed by atoms with Gasteiger partial charge in [0, 0.05) is 4.90 Å². The Hall–Kier alpha value is -1.49. The molecule has 92 valence electrons. The molecule has 0 spiro atoms. The zero-order chi connectivity index (χ0) is 13.0. The van der Waals surface area contributed by atoms with Crippen LogP contribution in [0, 0.1) is 5.92 Å². The molecule has 0 radical (unpaired) electrons. The van der Waals surface area contributed by atoms with Crippen molar-refractivity contribution in [1.29, 1.82) is 0 Å². The molecule has 0 bridgehead atoms. The van der Waals surface area contributed by atoms with E-state index in [-0.39, 0.29) is 11.8 Å². The van der Waals surface area contributed by atoms with Crippen LogP contribution in [-0.4, -0.2) is 17.9 Å². The van der Waals surface area contributed by atoms with Crippen molar-refractivity contribution < 1.29 is 9.59 Å². The van der Waals surface area contributed by atoms with Gasteiger partial charge in [-0.15, -0.1) is 12.6 Å². The van der Waals surface area contributed by atoms with E-state index in [9.17, 15) is 9.59 Å². The van der Waals surface area contributed by atoms with E-state index in [2.05, 4.69) is 17.9 Å². The van der Waals surface area contributed by atoms with E-state index in [1.807, 2.05) is 13.8 Å². The summed E-state index contributed by atoms with van der Waals surface area (Å²) in [5, 5.41) is 2.61. The minimum absolute atomic E-state index is 0.0523. The molecule has 2 amide bonds. The largest absolute Gasteiger partial charge is 0.368 e. The third-order valence-electron chi connectivity index (χ3n) is 2.41. The summed E-state index contributed by atoms with van der Waals surface area (Å²) in [6.07, 6.45) is 0. The molecule has 4 nitrogen and oxygen atoms in total. The van der Waals surface area contributed by atoms with Crippen molar-refractivity contribution in [2.75, 3.05) is 0 Å². The van der Waals surface area contributed by atoms with Gasteiger partial charge in [0.25, 0.3) is 5.91 Å². The van der Waals surface area contributed by atoms with Crippen LogP contribution in [-0.2, 0) is 4.79 Å². The molecule has 0 heterocycles. The molecule has 0 aliphatic carbocycles. The van der Waals surface area contributed by atoms with Gasteiger partial charge in [0.05, 0.1) is 5.56 Å². The van der Waals surface area contributed by atoms with Crippen LogP contribution in [0.1, 0.15) is 24.2 Å². The van der Waals surface area contributed by atoms with Crippen molar-refractivity contribution in [3.63, 3.8) is 0 Å². The van der Waals surface area contributed by atoms with E-state index < -0.39 is 11.9 Å². The monoisotopic (exact) mass is 252 g/mol. The maximum Gasteiger partial charge on any atom is 0.253 e. The summed E-state index contributed by atoms with van der Waals surface area (Å²) in [5.74, 6) is -0.929. The summed E-state index contributed by atoms with van der Waals surface area (Å²) >= 11 is 4.19. The number of carbonyl (C=O) groups is 2. The Kier molecular flexibility index (Phi) is 4.57. The third-order valence-corrected chi connectivity index (χ3v) is 2.80. The molecule has 0 aliphatic heterocycles. The van der Waals surface area contributed by atoms with Gasteiger partial charge < -0.3 is 11.1 Å². The topological polar surface area (TPSA) is 72.2 Å². The number of nitrogens with two attached hydrogens (primary N) is 1. The van der Waals surface area contributed by atoms with Gasteiger partial charge in [0.1, 0.15) is 6.04 Å². The standard InChI is InChI=1S/C12H16N2O2S/c1-7(2)10(11(13)15)14-12(16)8-5-3-4-6-9(8)17/h3-7,10,17H,1-2H3,(H2,13,15)(H,14,16). The first-order valence-electron chi connectivity index (χ1n) is 5.31. The lowest BCUT2D eigenvalue weighted by molar-refractivity contribution is -0.120. The lowest BCUT2D eigenvalue weighted by Gasteiger charge is -2.19. The fourth-order valence-corrected chi connectivity index (χ4v) is 1.71. The second kappa shape index (κ2) is 5.72. The Bertz CT molecular complexity index is 432. The number of hydrogen-bond acceptors (Lipinski definition) is 3. The van der Waals surface area contributed by atoms with Crippen LogP contribution in [0.15, 0.2) is 29.2 Å². The Balaban J connectivity index is 2.85. The van der Waals surface area contributed by atoms with Gasteiger partial charge in [-0.2, -0.15) is 0 Å². The Morgan fingerprint density at radius 2 is 1.88 bits per heavy atom. The van der Waals surface area contributed by atoms with Gasteiger partial charge in [-0.05, 0) is 18.1 Å². The molecule has 0 saturated heterocycles. The average molecular weight is 252 g/mol. The van der Waals surface area contributed by atoms with E-state index in [4.69, 9.17) is 5.73 Å². The number of rotatable bonds is 4. The Morgan fingerprint density at radius 1 is 1.29 bits per heavy atom. The first-order valence-corrected chi connectivity index (χ1v) is 5.76. The van der Waals surface area contributed by atoms with Crippen molar-refractivity contribution in [3.05, 3.63) is 29.8 Å². The van der Waals surface area contributed by atoms with Crippen LogP contribution in [0.4, 0.5) is 0 Å². The number of amides is 2. The molecule has 0 fully saturated rings. The summed E-state index contributed by atoms with van der Waals surface area (Å²) in [4.78, 5) is 23.7. The van der Waals surface area contributed by atoms with Crippen molar-refractivity contribution in [3.8, 4) is 0 Å². The molecule has 1 unspecified atom stereocenters. The summed E-state index contributed by atoms with van der Waals surface area (Å²) in [6.45, 7) is 3.64. The van der Waals surface area contributed by atoms with Crippen molar-refractivity contribution in [1.82, 2.24) is 5.32 Å². The van der Waals surface area contributed by atoms with Gasteiger partial charge in [-0.3, -0.25) is 9.59 Å². The van der Waals surface area contributed by atoms with Gasteiger partial charge in [-0.25, -0.2) is 0 Å². The zero-order valence-corrected chi connectivity index (χ0v) is 10.7. The maximum absolute atomic E-state index is 11.9. The predicted octanol–water partition coefficient (Wildman–Crippen LogP) is 1.21. The number of thiol groups is 1. The predicted molar refractivity (Wildman–Crippen MR) is 69.0 cm³/mol. The number of hydrogen-bond donors (Lipinski definition) is 3. The van der Waals surface area contributed by atoms with E-state index in [0.29, 0.717) is 10.5 Å². The third kappa shape index (κ3) is 3.49. The van der Waals surface area contributed by atoms with Crippen LogP contribution in [0.2, 0.25) is 0 Å². The zero-order valence-electron chi connectivity index (χ0n) is 9.81. The second-order valence-corrected chi connectivity index (χ2v) is 4.60. The van der Waals surface area contributed by atoms with Crippen LogP contribution in [0.5, 0.6) is 0 Å². The van der Waals surface area contributed by atoms with Crippen LogP contribution < -0.4 is 11.1 Å². The van der Waals surface area contributed by atoms with E-state index in [1.54, 1.807) is 24.3 Å². The molecule has 1 aromatic rings. The highest BCUT2D eigenvalue weighted by atomic mass is 32.1. The Morgan fingerprint density at radius 3 is 2.35 bits per heavy atom. The van der Waals surface area contributed by atoms with Crippen LogP contribution in [0.3, 0.4) is 0 Å². The quantitative estimate of drug-likeness (QED) is 0.705. The summed E-state index contributed by atoms with van der Waals surface area (Å²) in [7, 11) is 0. The molecule has 3 N–H and O–H groups in total. The maximum atomic E-state index is 11.9. The summed E-state index contributed by atoms with van der Waals surface area (Å²) in [5.41, 5.74) is 5.66. The molecule has 0 aliphatic rings. The highest BCUT2D eigenvalue weighted by Gasteiger charge is 2.22. The minimum atomic E-state index is -0.671. The van der Waals surface area contributed by atoms with Crippen LogP contribution in [0.25, 0.3) is 0 Å². The first-order chi connectivity index (χ1) is 7.93. The fraction of sp³-hybridized carbons (Fsp3) is 0.333. The average Bonchev–Trinajstić information content (AvgIpc) is 2.25. The SMILES string of the molecule is CC(C)C(NC(=O)c1ccccc1S)C(N)=O. The number of nitrogens with one attached hydrogen (secondary N) is 1. The molecule has 1 aromatic carbocycles. The molecule has 1 rings (SSSR count). The lowest BCUT2D eigenvalue weighted by atomic mass is 10.0.